The Kier molecular flexibility index (Phi) is 7.54. The summed E-state index contributed by atoms with van der Waals surface area (Å²) in [5, 5.41) is 0. The maximum atomic E-state index is 5.99. The summed E-state index contributed by atoms with van der Waals surface area (Å²) in [5.41, 5.74) is 9.88. The lowest BCUT2D eigenvalue weighted by atomic mass is 10.1. The van der Waals surface area contributed by atoms with E-state index in [1.54, 1.807) is 12.3 Å². The second-order valence-electron chi connectivity index (χ2n) is 8.54. The first-order valence-corrected chi connectivity index (χ1v) is 14.1. The van der Waals surface area contributed by atoms with Gasteiger partial charge in [-0.1, -0.05) is 19.6 Å². The molecule has 3 aromatic rings. The van der Waals surface area contributed by atoms with Crippen molar-refractivity contribution in [3.05, 3.63) is 72.2 Å². The zero-order valence-electron chi connectivity index (χ0n) is 18.6. The van der Waals surface area contributed by atoms with E-state index in [2.05, 4.69) is 34.6 Å². The standard InChI is InChI=1S/C24H30N4O2Si/c1-18-16-26-24-15-21(9-10-23(24)28-18)30-20-7-5-19(6-8-20)22(11-12-25)27-17-29-13-14-31(2,3)4/h5-12,15-16H,13-14,17,25H2,1-4H3/b12-11-,27-22-. The molecule has 162 valence electrons. The number of aryl methyl sites for hydroxylation is 1. The van der Waals surface area contributed by atoms with Gasteiger partial charge >= 0.3 is 0 Å². The van der Waals surface area contributed by atoms with E-state index in [9.17, 15) is 0 Å². The van der Waals surface area contributed by atoms with Gasteiger partial charge in [0.2, 0.25) is 0 Å². The number of rotatable bonds is 9. The van der Waals surface area contributed by atoms with Crippen LogP contribution in [0, 0.1) is 6.92 Å². The van der Waals surface area contributed by atoms with Crippen molar-refractivity contribution >= 4 is 24.8 Å². The van der Waals surface area contributed by atoms with Gasteiger partial charge in [-0.3, -0.25) is 9.98 Å². The van der Waals surface area contributed by atoms with E-state index in [-0.39, 0.29) is 0 Å². The molecule has 1 heterocycles. The van der Waals surface area contributed by atoms with Crippen LogP contribution in [0.25, 0.3) is 11.0 Å². The van der Waals surface area contributed by atoms with Gasteiger partial charge in [0.1, 0.15) is 18.2 Å². The highest BCUT2D eigenvalue weighted by molar-refractivity contribution is 6.76. The van der Waals surface area contributed by atoms with E-state index in [1.165, 1.54) is 6.20 Å². The minimum atomic E-state index is -1.10. The summed E-state index contributed by atoms with van der Waals surface area (Å²) < 4.78 is 11.7. The van der Waals surface area contributed by atoms with Gasteiger partial charge in [-0.15, -0.1) is 0 Å². The Morgan fingerprint density at radius 3 is 2.52 bits per heavy atom. The predicted octanol–water partition coefficient (Wildman–Crippen LogP) is 5.30. The zero-order valence-corrected chi connectivity index (χ0v) is 19.6. The normalized spacial score (nSPS) is 12.6. The first-order chi connectivity index (χ1) is 14.8. The van der Waals surface area contributed by atoms with Crippen molar-refractivity contribution in [2.45, 2.75) is 32.6 Å². The molecule has 0 atom stereocenters. The van der Waals surface area contributed by atoms with Gasteiger partial charge in [0.05, 0.1) is 22.4 Å². The number of aromatic nitrogens is 2. The summed E-state index contributed by atoms with van der Waals surface area (Å²) in [4.78, 5) is 13.4. The minimum absolute atomic E-state index is 0.319. The SMILES string of the molecule is Cc1cnc2cc(Oc3ccc(C(/C=C\N)=N\COCC[Si](C)(C)C)cc3)ccc2n1. The van der Waals surface area contributed by atoms with Gasteiger partial charge < -0.3 is 15.2 Å². The largest absolute Gasteiger partial charge is 0.457 e. The van der Waals surface area contributed by atoms with E-state index in [0.29, 0.717) is 12.5 Å². The number of benzene rings is 2. The molecular formula is C24H30N4O2Si. The number of hydrogen-bond donors (Lipinski definition) is 1. The Hall–Kier alpha value is -3.03. The van der Waals surface area contributed by atoms with Crippen LogP contribution in [0.5, 0.6) is 11.5 Å². The molecule has 1 aromatic heterocycles. The first kappa shape index (κ1) is 22.6. The lowest BCUT2D eigenvalue weighted by Gasteiger charge is -2.14. The van der Waals surface area contributed by atoms with Crippen molar-refractivity contribution in [1.29, 1.82) is 0 Å². The molecule has 0 unspecified atom stereocenters. The molecule has 0 aliphatic heterocycles. The third-order valence-corrected chi connectivity index (χ3v) is 6.30. The van der Waals surface area contributed by atoms with Crippen LogP contribution in [0.4, 0.5) is 0 Å². The number of fused-ring (bicyclic) bond motifs is 1. The smallest absolute Gasteiger partial charge is 0.138 e. The van der Waals surface area contributed by atoms with Gasteiger partial charge in [0.15, 0.2) is 0 Å². The summed E-state index contributed by atoms with van der Waals surface area (Å²) in [6, 6.07) is 14.6. The highest BCUT2D eigenvalue weighted by atomic mass is 28.3. The van der Waals surface area contributed by atoms with Crippen LogP contribution >= 0.6 is 0 Å². The summed E-state index contributed by atoms with van der Waals surface area (Å²) in [6.07, 6.45) is 5.02. The number of nitrogens with zero attached hydrogens (tertiary/aromatic N) is 3. The number of nitrogens with two attached hydrogens (primary N) is 1. The molecular weight excluding hydrogens is 404 g/mol. The Balaban J connectivity index is 1.65. The van der Waals surface area contributed by atoms with Crippen molar-refractivity contribution in [3.8, 4) is 11.5 Å². The van der Waals surface area contributed by atoms with Crippen molar-refractivity contribution < 1.29 is 9.47 Å². The second kappa shape index (κ2) is 10.3. The van der Waals surface area contributed by atoms with Crippen LogP contribution in [0.2, 0.25) is 25.7 Å². The molecule has 0 saturated carbocycles. The van der Waals surface area contributed by atoms with Gasteiger partial charge in [-0.2, -0.15) is 0 Å². The molecule has 2 N–H and O–H groups in total. The molecule has 31 heavy (non-hydrogen) atoms. The van der Waals surface area contributed by atoms with E-state index >= 15 is 0 Å². The van der Waals surface area contributed by atoms with Crippen molar-refractivity contribution in [1.82, 2.24) is 9.97 Å². The molecule has 0 spiro atoms. The summed E-state index contributed by atoms with van der Waals surface area (Å²) in [5.74, 6) is 1.44. The predicted molar refractivity (Wildman–Crippen MR) is 130 cm³/mol. The van der Waals surface area contributed by atoms with E-state index in [1.807, 2.05) is 49.4 Å². The topological polar surface area (TPSA) is 82.6 Å². The highest BCUT2D eigenvalue weighted by Gasteiger charge is 2.12. The average molecular weight is 435 g/mol. The van der Waals surface area contributed by atoms with Crippen LogP contribution < -0.4 is 10.5 Å². The Morgan fingerprint density at radius 2 is 1.81 bits per heavy atom. The number of allylic oxidation sites excluding steroid dienone is 1. The fraction of sp³-hybridized carbons (Fsp3) is 0.292. The fourth-order valence-corrected chi connectivity index (χ4v) is 3.62. The molecule has 6 nitrogen and oxygen atoms in total. The van der Waals surface area contributed by atoms with Crippen LogP contribution in [-0.4, -0.2) is 37.1 Å². The number of ether oxygens (including phenoxy) is 2. The van der Waals surface area contributed by atoms with Crippen LogP contribution in [0.1, 0.15) is 11.3 Å². The average Bonchev–Trinajstić information content (AvgIpc) is 2.73. The maximum Gasteiger partial charge on any atom is 0.138 e. The fourth-order valence-electron chi connectivity index (χ4n) is 2.87. The Labute approximate surface area is 184 Å². The zero-order chi connectivity index (χ0) is 22.3. The number of aliphatic imine (C=N–C) groups is 1. The monoisotopic (exact) mass is 434 g/mol. The number of hydrogen-bond acceptors (Lipinski definition) is 6. The second-order valence-corrected chi connectivity index (χ2v) is 14.2. The van der Waals surface area contributed by atoms with Gasteiger partial charge in [-0.25, -0.2) is 4.98 Å². The first-order valence-electron chi connectivity index (χ1n) is 10.4. The van der Waals surface area contributed by atoms with E-state index < -0.39 is 8.07 Å². The Morgan fingerprint density at radius 1 is 1.06 bits per heavy atom. The molecule has 0 fully saturated rings. The van der Waals surface area contributed by atoms with Crippen molar-refractivity contribution in [3.63, 3.8) is 0 Å². The van der Waals surface area contributed by atoms with Crippen LogP contribution in [0.3, 0.4) is 0 Å². The molecule has 3 rings (SSSR count). The minimum Gasteiger partial charge on any atom is -0.457 e. The van der Waals surface area contributed by atoms with Crippen molar-refractivity contribution in [2.24, 2.45) is 10.7 Å². The molecule has 0 bridgehead atoms. The summed E-state index contributed by atoms with van der Waals surface area (Å²) in [6.45, 7) is 9.98. The third-order valence-electron chi connectivity index (χ3n) is 4.60. The van der Waals surface area contributed by atoms with Crippen LogP contribution in [0.15, 0.2) is 65.9 Å². The quantitative estimate of drug-likeness (QED) is 0.280. The van der Waals surface area contributed by atoms with Gasteiger partial charge in [0.25, 0.3) is 0 Å². The Bertz CT molecular complexity index is 1070. The van der Waals surface area contributed by atoms with Gasteiger partial charge in [0, 0.05) is 32.5 Å². The lowest BCUT2D eigenvalue weighted by Crippen LogP contribution is -2.21. The van der Waals surface area contributed by atoms with E-state index in [0.717, 1.165) is 46.4 Å². The lowest BCUT2D eigenvalue weighted by molar-refractivity contribution is 0.155. The molecule has 0 aliphatic rings. The van der Waals surface area contributed by atoms with Gasteiger partial charge in [-0.05, 0) is 61.6 Å². The molecule has 2 aromatic carbocycles. The molecule has 0 amide bonds. The molecule has 0 radical (unpaired) electrons. The molecule has 0 saturated heterocycles. The summed E-state index contributed by atoms with van der Waals surface area (Å²) in [7, 11) is -1.10. The van der Waals surface area contributed by atoms with E-state index in [4.69, 9.17) is 15.2 Å². The summed E-state index contributed by atoms with van der Waals surface area (Å²) >= 11 is 0. The van der Waals surface area contributed by atoms with Crippen molar-refractivity contribution in [2.75, 3.05) is 13.3 Å². The molecule has 0 aliphatic carbocycles. The highest BCUT2D eigenvalue weighted by Crippen LogP contribution is 2.25. The third kappa shape index (κ3) is 7.01. The molecule has 7 heteroatoms. The maximum absolute atomic E-state index is 5.99. The van der Waals surface area contributed by atoms with Crippen LogP contribution in [-0.2, 0) is 4.74 Å².